The highest BCUT2D eigenvalue weighted by molar-refractivity contribution is 5.81. The Morgan fingerprint density at radius 2 is 1.89 bits per heavy atom. The first kappa shape index (κ1) is 15.2. The lowest BCUT2D eigenvalue weighted by atomic mass is 10.3. The van der Waals surface area contributed by atoms with Crippen molar-refractivity contribution in [2.24, 2.45) is 0 Å². The number of amides is 1. The molecule has 0 unspecified atom stereocenters. The molecule has 0 saturated heterocycles. The number of anilines is 2. The molecule has 1 aromatic heterocycles. The van der Waals surface area contributed by atoms with Gasteiger partial charge < -0.3 is 16.0 Å². The Bertz CT molecular complexity index is 445. The van der Waals surface area contributed by atoms with Gasteiger partial charge in [0.25, 0.3) is 0 Å². The normalized spacial score (nSPS) is 10.4. The van der Waals surface area contributed by atoms with Gasteiger partial charge in [-0.15, -0.1) is 0 Å². The highest BCUT2D eigenvalue weighted by Crippen LogP contribution is 2.19. The highest BCUT2D eigenvalue weighted by atomic mass is 16.1. The van der Waals surface area contributed by atoms with Crippen molar-refractivity contribution in [3.05, 3.63) is 11.4 Å². The van der Waals surface area contributed by atoms with Crippen LogP contribution < -0.4 is 16.0 Å². The standard InChI is InChI=1S/C13H23N5O/c1-6-10-17-12(14-5)9(4)13(18-10)15-7-11(19)16-8(2)3/h8H,6-7H2,1-5H3,(H,16,19)(H2,14,15,17,18). The number of carbonyl (C=O) groups excluding carboxylic acids is 1. The zero-order chi connectivity index (χ0) is 14.4. The molecule has 0 atom stereocenters. The molecule has 106 valence electrons. The minimum Gasteiger partial charge on any atom is -0.373 e. The zero-order valence-electron chi connectivity index (χ0n) is 12.3. The Kier molecular flexibility index (Phi) is 5.54. The van der Waals surface area contributed by atoms with Crippen LogP contribution in [0.15, 0.2) is 0 Å². The molecule has 6 heteroatoms. The Hall–Kier alpha value is -1.85. The molecule has 19 heavy (non-hydrogen) atoms. The molecule has 1 rings (SSSR count). The summed E-state index contributed by atoms with van der Waals surface area (Å²) in [5.74, 6) is 2.20. The van der Waals surface area contributed by atoms with Gasteiger partial charge in [-0.2, -0.15) is 0 Å². The largest absolute Gasteiger partial charge is 0.373 e. The van der Waals surface area contributed by atoms with Crippen molar-refractivity contribution < 1.29 is 4.79 Å². The monoisotopic (exact) mass is 265 g/mol. The fourth-order valence-electron chi connectivity index (χ4n) is 1.67. The molecule has 1 aromatic rings. The van der Waals surface area contributed by atoms with Crippen LogP contribution >= 0.6 is 0 Å². The molecule has 0 aliphatic heterocycles. The third-order valence-corrected chi connectivity index (χ3v) is 2.61. The molecule has 0 saturated carbocycles. The summed E-state index contributed by atoms with van der Waals surface area (Å²) >= 11 is 0. The number of hydrogen-bond donors (Lipinski definition) is 3. The van der Waals surface area contributed by atoms with E-state index in [2.05, 4.69) is 25.9 Å². The lowest BCUT2D eigenvalue weighted by molar-refractivity contribution is -0.119. The molecule has 0 fully saturated rings. The van der Waals surface area contributed by atoms with Crippen LogP contribution in [0.1, 0.15) is 32.2 Å². The number of aromatic nitrogens is 2. The van der Waals surface area contributed by atoms with E-state index in [0.29, 0.717) is 5.82 Å². The van der Waals surface area contributed by atoms with Crippen LogP contribution in [0, 0.1) is 6.92 Å². The van der Waals surface area contributed by atoms with E-state index in [4.69, 9.17) is 0 Å². The van der Waals surface area contributed by atoms with Crippen molar-refractivity contribution in [1.29, 1.82) is 0 Å². The molecule has 0 aromatic carbocycles. The van der Waals surface area contributed by atoms with Crippen LogP contribution in [0.5, 0.6) is 0 Å². The smallest absolute Gasteiger partial charge is 0.239 e. The number of nitrogens with one attached hydrogen (secondary N) is 3. The Morgan fingerprint density at radius 3 is 2.42 bits per heavy atom. The molecule has 3 N–H and O–H groups in total. The third kappa shape index (κ3) is 4.39. The summed E-state index contributed by atoms with van der Waals surface area (Å²) < 4.78 is 0. The maximum Gasteiger partial charge on any atom is 0.239 e. The van der Waals surface area contributed by atoms with Gasteiger partial charge in [0, 0.05) is 25.1 Å². The molecular weight excluding hydrogens is 242 g/mol. The van der Waals surface area contributed by atoms with Crippen LogP contribution in [0.2, 0.25) is 0 Å². The molecule has 0 bridgehead atoms. The molecule has 1 amide bonds. The maximum atomic E-state index is 11.6. The molecule has 0 radical (unpaired) electrons. The summed E-state index contributed by atoms with van der Waals surface area (Å²) in [6, 6.07) is 0.139. The van der Waals surface area contributed by atoms with E-state index >= 15 is 0 Å². The van der Waals surface area contributed by atoms with Crippen LogP contribution in [0.25, 0.3) is 0 Å². The van der Waals surface area contributed by atoms with E-state index in [1.165, 1.54) is 0 Å². The van der Waals surface area contributed by atoms with E-state index in [9.17, 15) is 4.79 Å². The van der Waals surface area contributed by atoms with Crippen molar-refractivity contribution in [1.82, 2.24) is 15.3 Å². The summed E-state index contributed by atoms with van der Waals surface area (Å²) in [6.07, 6.45) is 0.752. The topological polar surface area (TPSA) is 78.9 Å². The van der Waals surface area contributed by atoms with Crippen LogP contribution in [-0.2, 0) is 11.2 Å². The van der Waals surface area contributed by atoms with Gasteiger partial charge in [0.1, 0.15) is 17.5 Å². The van der Waals surface area contributed by atoms with Crippen LogP contribution in [0.3, 0.4) is 0 Å². The van der Waals surface area contributed by atoms with Crippen LogP contribution in [-0.4, -0.2) is 35.5 Å². The van der Waals surface area contributed by atoms with Gasteiger partial charge >= 0.3 is 0 Å². The minimum atomic E-state index is -0.0444. The molecule has 0 spiro atoms. The van der Waals surface area contributed by atoms with E-state index in [-0.39, 0.29) is 18.5 Å². The summed E-state index contributed by atoms with van der Waals surface area (Å²) in [6.45, 7) is 8.00. The van der Waals surface area contributed by atoms with Crippen molar-refractivity contribution in [2.45, 2.75) is 40.2 Å². The lowest BCUT2D eigenvalue weighted by Gasteiger charge is -2.14. The van der Waals surface area contributed by atoms with Gasteiger partial charge in [0.2, 0.25) is 5.91 Å². The average Bonchev–Trinajstić information content (AvgIpc) is 2.36. The zero-order valence-corrected chi connectivity index (χ0v) is 12.3. The summed E-state index contributed by atoms with van der Waals surface area (Å²) in [7, 11) is 1.82. The van der Waals surface area contributed by atoms with Gasteiger partial charge in [0.15, 0.2) is 0 Å². The molecule has 0 aliphatic rings. The van der Waals surface area contributed by atoms with E-state index in [1.807, 2.05) is 34.7 Å². The Balaban J connectivity index is 2.79. The first-order valence-corrected chi connectivity index (χ1v) is 6.56. The second-order valence-electron chi connectivity index (χ2n) is 4.64. The van der Waals surface area contributed by atoms with Gasteiger partial charge in [-0.25, -0.2) is 9.97 Å². The van der Waals surface area contributed by atoms with Gasteiger partial charge in [-0.1, -0.05) is 6.92 Å². The van der Waals surface area contributed by atoms with Crippen molar-refractivity contribution >= 4 is 17.5 Å². The van der Waals surface area contributed by atoms with E-state index < -0.39 is 0 Å². The number of hydrogen-bond acceptors (Lipinski definition) is 5. The van der Waals surface area contributed by atoms with E-state index in [1.54, 1.807) is 0 Å². The van der Waals surface area contributed by atoms with Crippen molar-refractivity contribution in [3.63, 3.8) is 0 Å². The molecule has 6 nitrogen and oxygen atoms in total. The number of carbonyl (C=O) groups is 1. The summed E-state index contributed by atoms with van der Waals surface area (Å²) in [5, 5.41) is 8.93. The molecule has 0 aliphatic carbocycles. The first-order valence-electron chi connectivity index (χ1n) is 6.56. The minimum absolute atomic E-state index is 0.0444. The Morgan fingerprint density at radius 1 is 1.26 bits per heavy atom. The second-order valence-corrected chi connectivity index (χ2v) is 4.64. The predicted octanol–water partition coefficient (Wildman–Crippen LogP) is 1.33. The fraction of sp³-hybridized carbons (Fsp3) is 0.615. The third-order valence-electron chi connectivity index (χ3n) is 2.61. The average molecular weight is 265 g/mol. The van der Waals surface area contributed by atoms with Gasteiger partial charge in [0.05, 0.1) is 6.54 Å². The van der Waals surface area contributed by atoms with Crippen LogP contribution in [0.4, 0.5) is 11.6 Å². The van der Waals surface area contributed by atoms with Crippen molar-refractivity contribution in [3.8, 4) is 0 Å². The Labute approximate surface area is 114 Å². The summed E-state index contributed by atoms with van der Waals surface area (Å²) in [4.78, 5) is 20.4. The maximum absolute atomic E-state index is 11.6. The fourth-order valence-corrected chi connectivity index (χ4v) is 1.67. The van der Waals surface area contributed by atoms with E-state index in [0.717, 1.165) is 23.6 Å². The predicted molar refractivity (Wildman–Crippen MR) is 77.5 cm³/mol. The van der Waals surface area contributed by atoms with Crippen molar-refractivity contribution in [2.75, 3.05) is 24.2 Å². The molecule has 1 heterocycles. The summed E-state index contributed by atoms with van der Waals surface area (Å²) in [5.41, 5.74) is 0.914. The molecular formula is C13H23N5O. The first-order chi connectivity index (χ1) is 8.97. The van der Waals surface area contributed by atoms with Gasteiger partial charge in [-0.05, 0) is 20.8 Å². The number of rotatable bonds is 6. The number of nitrogens with zero attached hydrogens (tertiary/aromatic N) is 2. The second kappa shape index (κ2) is 6.92. The quantitative estimate of drug-likeness (QED) is 0.723. The number of aryl methyl sites for hydroxylation is 1. The SMILES string of the molecule is CCc1nc(NC)c(C)c(NCC(=O)NC(C)C)n1. The highest BCUT2D eigenvalue weighted by Gasteiger charge is 2.10. The lowest BCUT2D eigenvalue weighted by Crippen LogP contribution is -2.35. The van der Waals surface area contributed by atoms with Gasteiger partial charge in [-0.3, -0.25) is 4.79 Å².